The molecule has 0 spiro atoms. The van der Waals surface area contributed by atoms with Crippen molar-refractivity contribution in [2.24, 2.45) is 0 Å². The molecule has 0 saturated carbocycles. The number of benzene rings is 1. The summed E-state index contributed by atoms with van der Waals surface area (Å²) >= 11 is 1.50. The normalized spacial score (nSPS) is 14.4. The van der Waals surface area contributed by atoms with E-state index in [0.717, 1.165) is 17.4 Å². The molecule has 1 saturated heterocycles. The highest BCUT2D eigenvalue weighted by Gasteiger charge is 2.34. The number of likely N-dealkylation sites (tertiary alicyclic amines) is 1. The van der Waals surface area contributed by atoms with Crippen molar-refractivity contribution in [1.82, 2.24) is 25.5 Å². The van der Waals surface area contributed by atoms with Gasteiger partial charge < -0.3 is 35.4 Å². The maximum Gasteiger partial charge on any atom is 0.408 e. The zero-order chi connectivity index (χ0) is 33.5. The zero-order valence-corrected chi connectivity index (χ0v) is 28.2. The molecular weight excluding hydrogens is 592 g/mol. The third-order valence-corrected chi connectivity index (χ3v) is 7.37. The van der Waals surface area contributed by atoms with E-state index in [-0.39, 0.29) is 5.92 Å². The van der Waals surface area contributed by atoms with E-state index in [1.807, 2.05) is 54.1 Å². The molecule has 3 aromatic rings. The Morgan fingerprint density at radius 2 is 1.76 bits per heavy atom. The van der Waals surface area contributed by atoms with Crippen molar-refractivity contribution in [2.45, 2.75) is 83.9 Å². The van der Waals surface area contributed by atoms with Gasteiger partial charge in [-0.2, -0.15) is 11.3 Å². The zero-order valence-electron chi connectivity index (χ0n) is 27.4. The summed E-state index contributed by atoms with van der Waals surface area (Å²) in [6, 6.07) is 10.8. The highest BCUT2D eigenvalue weighted by molar-refractivity contribution is 7.07. The van der Waals surface area contributed by atoms with Gasteiger partial charge in [0.25, 0.3) is 0 Å². The summed E-state index contributed by atoms with van der Waals surface area (Å²) in [6.07, 6.45) is 6.28. The van der Waals surface area contributed by atoms with E-state index < -0.39 is 35.1 Å². The first-order chi connectivity index (χ1) is 21.2. The van der Waals surface area contributed by atoms with Gasteiger partial charge in [0.05, 0.1) is 12.5 Å². The van der Waals surface area contributed by atoms with Crippen LogP contribution in [0.2, 0.25) is 0 Å². The molecule has 1 aliphatic heterocycles. The van der Waals surface area contributed by atoms with Crippen molar-refractivity contribution in [1.29, 1.82) is 0 Å². The van der Waals surface area contributed by atoms with Crippen LogP contribution < -0.4 is 16.0 Å². The second kappa shape index (κ2) is 18.1. The Bertz CT molecular complexity index is 1300. The van der Waals surface area contributed by atoms with Gasteiger partial charge in [-0.05, 0) is 95.6 Å². The fourth-order valence-corrected chi connectivity index (χ4v) is 4.74. The topological polar surface area (TPSA) is 146 Å². The summed E-state index contributed by atoms with van der Waals surface area (Å²) in [5.74, 6) is -0.461. The number of carbonyl (C=O) groups is 4. The minimum atomic E-state index is -1.29. The maximum absolute atomic E-state index is 12.8. The molecule has 1 aliphatic rings. The molecule has 45 heavy (non-hydrogen) atoms. The summed E-state index contributed by atoms with van der Waals surface area (Å²) in [6.45, 7) is 12.8. The van der Waals surface area contributed by atoms with Crippen molar-refractivity contribution in [3.63, 3.8) is 0 Å². The van der Waals surface area contributed by atoms with Gasteiger partial charge in [-0.1, -0.05) is 37.3 Å². The third kappa shape index (κ3) is 14.5. The molecule has 246 valence electrons. The molecule has 2 aromatic heterocycles. The Morgan fingerprint density at radius 3 is 2.24 bits per heavy atom. The number of carbonyl (C=O) groups excluding carboxylic acids is 4. The molecule has 0 radical (unpaired) electrons. The van der Waals surface area contributed by atoms with Crippen LogP contribution in [0.4, 0.5) is 10.6 Å². The van der Waals surface area contributed by atoms with Crippen molar-refractivity contribution < 1.29 is 23.9 Å². The number of H-pyrrole nitrogens is 1. The smallest absolute Gasteiger partial charge is 0.408 e. The van der Waals surface area contributed by atoms with Gasteiger partial charge in [0.2, 0.25) is 11.8 Å². The molecule has 2 unspecified atom stereocenters. The minimum absolute atomic E-state index is 0.0289. The van der Waals surface area contributed by atoms with Gasteiger partial charge in [0.15, 0.2) is 0 Å². The third-order valence-electron chi connectivity index (χ3n) is 6.64. The number of nitrogens with zero attached hydrogens (tertiary/aromatic N) is 2. The first kappa shape index (κ1) is 37.2. The Hall–Kier alpha value is -4.03. The van der Waals surface area contributed by atoms with Crippen LogP contribution in [0.3, 0.4) is 0 Å². The maximum atomic E-state index is 12.8. The largest absolute Gasteiger partial charge is 0.444 e. The summed E-state index contributed by atoms with van der Waals surface area (Å²) in [4.78, 5) is 56.9. The Morgan fingerprint density at radius 1 is 1.09 bits per heavy atom. The monoisotopic (exact) mass is 640 g/mol. The molecule has 0 bridgehead atoms. The Kier molecular flexibility index (Phi) is 14.9. The van der Waals surface area contributed by atoms with Crippen molar-refractivity contribution in [3.05, 3.63) is 70.8 Å². The van der Waals surface area contributed by atoms with Crippen molar-refractivity contribution in [3.8, 4) is 0 Å². The van der Waals surface area contributed by atoms with E-state index in [1.54, 1.807) is 34.6 Å². The lowest BCUT2D eigenvalue weighted by Gasteiger charge is -2.29. The average Bonchev–Trinajstić information content (AvgIpc) is 3.77. The summed E-state index contributed by atoms with van der Waals surface area (Å²) in [5, 5.41) is 11.8. The molecule has 3 amide bonds. The first-order valence-corrected chi connectivity index (χ1v) is 16.0. The second-order valence-electron chi connectivity index (χ2n) is 12.4. The molecule has 4 N–H and O–H groups in total. The number of amides is 3. The van der Waals surface area contributed by atoms with Crippen LogP contribution >= 0.6 is 11.3 Å². The lowest BCUT2D eigenvalue weighted by Crippen LogP contribution is -2.59. The van der Waals surface area contributed by atoms with Crippen LogP contribution in [0.5, 0.6) is 0 Å². The number of aromatic amines is 1. The first-order valence-electron chi connectivity index (χ1n) is 15.0. The van der Waals surface area contributed by atoms with Crippen LogP contribution in [0.25, 0.3) is 0 Å². The Balaban J connectivity index is 0.000000355. The fourth-order valence-electron chi connectivity index (χ4n) is 4.06. The number of thiophene rings is 1. The van der Waals surface area contributed by atoms with E-state index >= 15 is 0 Å². The van der Waals surface area contributed by atoms with E-state index in [4.69, 9.17) is 4.74 Å². The number of hydrogen-bond acceptors (Lipinski definition) is 8. The molecule has 0 aliphatic carbocycles. The molecule has 1 aromatic carbocycles. The number of imidazole rings is 1. The number of anilines is 1. The predicted octanol–water partition coefficient (Wildman–Crippen LogP) is 5.14. The van der Waals surface area contributed by atoms with Crippen LogP contribution in [0.1, 0.15) is 71.4 Å². The second-order valence-corrected chi connectivity index (χ2v) is 13.2. The molecular formula is C33H48N6O5S. The highest BCUT2D eigenvalue weighted by atomic mass is 32.1. The number of hydrogen-bond donors (Lipinski definition) is 4. The van der Waals surface area contributed by atoms with Gasteiger partial charge in [0, 0.05) is 12.3 Å². The minimum Gasteiger partial charge on any atom is -0.444 e. The standard InChI is InChI=1S/C19H27N5O4S.C9H10O.C5H11N/c1-18(2,3)28-17(27)24-19(4,5)16(26)22-13(8-12-6-7-29-10-12)15(25)23-14-9-20-11-21-14;1-8(7-10)9-5-3-2-4-6-9;1-6-4-2-3-5-6/h6-7,9-11,13H,8H2,1-5H3,(H,20,21)(H,22,26)(H,23,25)(H,24,27);2-8H,1H3;2-5H2,1H3. The van der Waals surface area contributed by atoms with Gasteiger partial charge in [0.1, 0.15) is 29.3 Å². The Labute approximate surface area is 270 Å². The summed E-state index contributed by atoms with van der Waals surface area (Å²) < 4.78 is 5.21. The lowest BCUT2D eigenvalue weighted by molar-refractivity contribution is -0.130. The van der Waals surface area contributed by atoms with Crippen LogP contribution in [-0.2, 0) is 25.5 Å². The fraction of sp³-hybridized carbons (Fsp3) is 0.485. The molecule has 3 heterocycles. The van der Waals surface area contributed by atoms with E-state index in [0.29, 0.717) is 12.2 Å². The highest BCUT2D eigenvalue weighted by Crippen LogP contribution is 2.14. The van der Waals surface area contributed by atoms with Gasteiger partial charge in [-0.25, -0.2) is 9.78 Å². The molecule has 11 nitrogen and oxygen atoms in total. The number of aldehydes is 1. The van der Waals surface area contributed by atoms with Crippen molar-refractivity contribution >= 4 is 41.3 Å². The SMILES string of the molecule is CC(C)(C)OC(=O)NC(C)(C)C(=O)NC(Cc1ccsc1)C(=O)Nc1cnc[nH]1.CC(C=O)c1ccccc1.CN1CCCC1. The molecule has 12 heteroatoms. The molecule has 2 atom stereocenters. The van der Waals surface area contributed by atoms with Gasteiger partial charge in [-0.3, -0.25) is 9.59 Å². The summed E-state index contributed by atoms with van der Waals surface area (Å²) in [7, 11) is 2.17. The number of alkyl carbamates (subject to hydrolysis) is 1. The van der Waals surface area contributed by atoms with Crippen LogP contribution in [0, 0.1) is 0 Å². The number of nitrogens with one attached hydrogen (secondary N) is 4. The van der Waals surface area contributed by atoms with Crippen molar-refractivity contribution in [2.75, 3.05) is 25.5 Å². The van der Waals surface area contributed by atoms with Gasteiger partial charge in [-0.15, -0.1) is 0 Å². The number of ether oxygens (including phenoxy) is 1. The summed E-state index contributed by atoms with van der Waals surface area (Å²) in [5.41, 5.74) is 0.0152. The van der Waals surface area contributed by atoms with E-state index in [1.165, 1.54) is 49.8 Å². The van der Waals surface area contributed by atoms with E-state index in [9.17, 15) is 19.2 Å². The van der Waals surface area contributed by atoms with Gasteiger partial charge >= 0.3 is 6.09 Å². The lowest BCUT2D eigenvalue weighted by atomic mass is 10.0. The molecule has 4 rings (SSSR count). The molecule has 1 fully saturated rings. The number of aromatic nitrogens is 2. The average molecular weight is 641 g/mol. The van der Waals surface area contributed by atoms with E-state index in [2.05, 4.69) is 37.9 Å². The predicted molar refractivity (Wildman–Crippen MR) is 178 cm³/mol. The number of rotatable bonds is 9. The van der Waals surface area contributed by atoms with Crippen LogP contribution in [-0.4, -0.2) is 76.4 Å². The quantitative estimate of drug-likeness (QED) is 0.237. The van der Waals surface area contributed by atoms with Crippen LogP contribution in [0.15, 0.2) is 59.7 Å².